The maximum Gasteiger partial charge on any atom is 0.435 e. The van der Waals surface area contributed by atoms with Gasteiger partial charge in [-0.1, -0.05) is 15.9 Å². The second-order valence-electron chi connectivity index (χ2n) is 9.21. The van der Waals surface area contributed by atoms with Crippen molar-refractivity contribution in [3.63, 3.8) is 0 Å². The van der Waals surface area contributed by atoms with Crippen LogP contribution in [0, 0.1) is 5.82 Å². The molecule has 0 bridgehead atoms. The van der Waals surface area contributed by atoms with Crippen molar-refractivity contribution >= 4 is 50.3 Å². The van der Waals surface area contributed by atoms with Crippen LogP contribution in [0.1, 0.15) is 51.9 Å². The number of carbonyl (C=O) groups is 2. The third kappa shape index (κ3) is 5.45. The van der Waals surface area contributed by atoms with Gasteiger partial charge in [-0.15, -0.1) is 0 Å². The Labute approximate surface area is 194 Å². The third-order valence-electron chi connectivity index (χ3n) is 4.13. The number of hydrogen-bond acceptors (Lipinski definition) is 6. The Morgan fingerprint density at radius 1 is 1.03 bits per heavy atom. The maximum atomic E-state index is 14.6. The van der Waals surface area contributed by atoms with Gasteiger partial charge in [0.2, 0.25) is 0 Å². The Morgan fingerprint density at radius 2 is 1.69 bits per heavy atom. The fraction of sp³-hybridized carbons (Fsp3) is 0.348. The summed E-state index contributed by atoms with van der Waals surface area (Å²) in [6.07, 6.45) is 0.755. The molecule has 170 valence electrons. The molecular weight excluding hydrogens is 481 g/mol. The number of anilines is 2. The quantitative estimate of drug-likeness (QED) is 0.413. The lowest BCUT2D eigenvalue weighted by atomic mass is 10.1. The highest BCUT2D eigenvalue weighted by molar-refractivity contribution is 9.10. The molecule has 3 rings (SSSR count). The fourth-order valence-corrected chi connectivity index (χ4v) is 3.25. The summed E-state index contributed by atoms with van der Waals surface area (Å²) in [5.74, 6) is -1.12. The minimum absolute atomic E-state index is 0.149. The van der Waals surface area contributed by atoms with Crippen molar-refractivity contribution in [2.45, 2.75) is 52.7 Å². The van der Waals surface area contributed by atoms with Gasteiger partial charge in [0.25, 0.3) is 0 Å². The van der Waals surface area contributed by atoms with E-state index in [1.165, 1.54) is 24.4 Å². The van der Waals surface area contributed by atoms with E-state index < -0.39 is 29.1 Å². The molecular formula is C23H25BrFN3O4. The van der Waals surface area contributed by atoms with Gasteiger partial charge in [-0.05, 0) is 71.9 Å². The number of hydrogen-bond donors (Lipinski definition) is 1. The minimum atomic E-state index is -0.729. The number of esters is 1. The zero-order valence-corrected chi connectivity index (χ0v) is 20.3. The van der Waals surface area contributed by atoms with E-state index >= 15 is 0 Å². The standard InChI is InChI=1S/C23H25BrFN3O4/c1-22(2,3)31-20(29)14-8-10-18-15(12-26-28(18)21(30)32-23(4,5)6)19(14)27-17-9-7-13(24)11-16(17)25/h7-12,27H,1-6H3. The van der Waals surface area contributed by atoms with Gasteiger partial charge in [0.1, 0.15) is 17.0 Å². The van der Waals surface area contributed by atoms with E-state index in [1.807, 2.05) is 0 Å². The lowest BCUT2D eigenvalue weighted by molar-refractivity contribution is 0.00706. The number of ether oxygens (including phenoxy) is 2. The molecule has 2 aromatic carbocycles. The molecule has 0 radical (unpaired) electrons. The monoisotopic (exact) mass is 505 g/mol. The SMILES string of the molecule is CC(C)(C)OC(=O)c1ccc2c(cnn2C(=O)OC(C)(C)C)c1Nc1ccc(Br)cc1F. The summed E-state index contributed by atoms with van der Waals surface area (Å²) < 4.78 is 27.2. The highest BCUT2D eigenvalue weighted by Gasteiger charge is 2.26. The zero-order valence-electron chi connectivity index (χ0n) is 18.7. The molecule has 0 atom stereocenters. The average molecular weight is 506 g/mol. The Hall–Kier alpha value is -2.94. The predicted molar refractivity (Wildman–Crippen MR) is 124 cm³/mol. The molecule has 0 fully saturated rings. The van der Waals surface area contributed by atoms with E-state index in [0.29, 0.717) is 15.4 Å². The first-order valence-corrected chi connectivity index (χ1v) is 10.7. The van der Waals surface area contributed by atoms with Gasteiger partial charge in [0.05, 0.1) is 28.7 Å². The summed E-state index contributed by atoms with van der Waals surface area (Å²) in [4.78, 5) is 25.5. The van der Waals surface area contributed by atoms with Gasteiger partial charge in [-0.2, -0.15) is 9.78 Å². The largest absolute Gasteiger partial charge is 0.456 e. The van der Waals surface area contributed by atoms with Crippen LogP contribution in [0.15, 0.2) is 41.0 Å². The Kier molecular flexibility index (Phi) is 6.33. The molecule has 0 aliphatic rings. The van der Waals surface area contributed by atoms with Crippen molar-refractivity contribution in [1.82, 2.24) is 9.78 Å². The highest BCUT2D eigenvalue weighted by atomic mass is 79.9. The molecule has 9 heteroatoms. The number of nitrogens with one attached hydrogen (secondary N) is 1. The number of carbonyl (C=O) groups excluding carboxylic acids is 2. The number of benzene rings is 2. The molecule has 0 unspecified atom stereocenters. The van der Waals surface area contributed by atoms with Gasteiger partial charge < -0.3 is 14.8 Å². The topological polar surface area (TPSA) is 82.5 Å². The van der Waals surface area contributed by atoms with Crippen LogP contribution in [0.2, 0.25) is 0 Å². The molecule has 1 aromatic heterocycles. The highest BCUT2D eigenvalue weighted by Crippen LogP contribution is 2.33. The summed E-state index contributed by atoms with van der Waals surface area (Å²) in [5.41, 5.74) is -0.450. The molecule has 0 aliphatic carbocycles. The summed E-state index contributed by atoms with van der Waals surface area (Å²) >= 11 is 3.23. The Bertz CT molecular complexity index is 1190. The molecule has 1 heterocycles. The normalized spacial score (nSPS) is 12.0. The summed E-state index contributed by atoms with van der Waals surface area (Å²) in [5, 5.41) is 7.55. The zero-order chi connectivity index (χ0) is 23.8. The van der Waals surface area contributed by atoms with Crippen LogP contribution >= 0.6 is 15.9 Å². The summed E-state index contributed by atoms with van der Waals surface area (Å²) in [7, 11) is 0. The van der Waals surface area contributed by atoms with Crippen LogP contribution in [-0.2, 0) is 9.47 Å². The molecule has 0 aliphatic heterocycles. The fourth-order valence-electron chi connectivity index (χ4n) is 2.92. The molecule has 3 aromatic rings. The minimum Gasteiger partial charge on any atom is -0.456 e. The lowest BCUT2D eigenvalue weighted by Gasteiger charge is -2.21. The van der Waals surface area contributed by atoms with E-state index in [9.17, 15) is 14.0 Å². The summed E-state index contributed by atoms with van der Waals surface area (Å²) in [6, 6.07) is 7.60. The van der Waals surface area contributed by atoms with Crippen molar-refractivity contribution in [2.24, 2.45) is 0 Å². The smallest absolute Gasteiger partial charge is 0.435 e. The first-order valence-electron chi connectivity index (χ1n) is 9.95. The number of rotatable bonds is 3. The van der Waals surface area contributed by atoms with Gasteiger partial charge in [0.15, 0.2) is 0 Å². The van der Waals surface area contributed by atoms with Crippen LogP contribution in [0.4, 0.5) is 20.6 Å². The van der Waals surface area contributed by atoms with Crippen LogP contribution in [0.25, 0.3) is 10.9 Å². The molecule has 0 saturated carbocycles. The van der Waals surface area contributed by atoms with Gasteiger partial charge in [-0.3, -0.25) is 0 Å². The van der Waals surface area contributed by atoms with Crippen LogP contribution in [0.3, 0.4) is 0 Å². The van der Waals surface area contributed by atoms with E-state index in [0.717, 1.165) is 4.68 Å². The molecule has 0 amide bonds. The number of aromatic nitrogens is 2. The average Bonchev–Trinajstić information content (AvgIpc) is 3.05. The van der Waals surface area contributed by atoms with Gasteiger partial charge in [-0.25, -0.2) is 14.0 Å². The second kappa shape index (κ2) is 8.54. The molecule has 1 N–H and O–H groups in total. The third-order valence-corrected chi connectivity index (χ3v) is 4.62. The van der Waals surface area contributed by atoms with Crippen LogP contribution < -0.4 is 5.32 Å². The first-order chi connectivity index (χ1) is 14.7. The second-order valence-corrected chi connectivity index (χ2v) is 10.1. The molecule has 0 saturated heterocycles. The van der Waals surface area contributed by atoms with Crippen LogP contribution in [0.5, 0.6) is 0 Å². The number of halogens is 2. The van der Waals surface area contributed by atoms with Crippen LogP contribution in [-0.4, -0.2) is 33.0 Å². The van der Waals surface area contributed by atoms with E-state index in [1.54, 1.807) is 53.7 Å². The van der Waals surface area contributed by atoms with Crippen molar-refractivity contribution in [3.05, 3.63) is 52.4 Å². The maximum absolute atomic E-state index is 14.6. The van der Waals surface area contributed by atoms with E-state index in [4.69, 9.17) is 9.47 Å². The van der Waals surface area contributed by atoms with Crippen molar-refractivity contribution in [2.75, 3.05) is 5.32 Å². The van der Waals surface area contributed by atoms with E-state index in [-0.39, 0.29) is 16.9 Å². The molecule has 32 heavy (non-hydrogen) atoms. The predicted octanol–water partition coefficient (Wildman–Crippen LogP) is 6.42. The Morgan fingerprint density at radius 3 is 2.28 bits per heavy atom. The lowest BCUT2D eigenvalue weighted by Crippen LogP contribution is -2.27. The number of fused-ring (bicyclic) bond motifs is 1. The van der Waals surface area contributed by atoms with Crippen molar-refractivity contribution in [1.29, 1.82) is 0 Å². The van der Waals surface area contributed by atoms with E-state index in [2.05, 4.69) is 26.3 Å². The van der Waals surface area contributed by atoms with Gasteiger partial charge in [0, 0.05) is 9.86 Å². The molecule has 0 spiro atoms. The summed E-state index contributed by atoms with van der Waals surface area (Å²) in [6.45, 7) is 10.5. The first kappa shape index (κ1) is 23.7. The molecule has 7 nitrogen and oxygen atoms in total. The van der Waals surface area contributed by atoms with Gasteiger partial charge >= 0.3 is 12.1 Å². The van der Waals surface area contributed by atoms with Crippen molar-refractivity contribution < 1.29 is 23.5 Å². The van der Waals surface area contributed by atoms with Crippen molar-refractivity contribution in [3.8, 4) is 0 Å². The number of nitrogens with zero attached hydrogens (tertiary/aromatic N) is 2. The Balaban J connectivity index is 2.15.